The Morgan fingerprint density at radius 2 is 2.41 bits per heavy atom. The molecular formula is C11H14ClN3OS. The van der Waals surface area contributed by atoms with Crippen molar-refractivity contribution in [3.05, 3.63) is 22.1 Å². The summed E-state index contributed by atoms with van der Waals surface area (Å²) in [6, 6.07) is 1.82. The van der Waals surface area contributed by atoms with Crippen LogP contribution in [-0.4, -0.2) is 27.2 Å². The molecule has 0 fully saturated rings. The molecule has 2 heterocycles. The molecule has 0 saturated carbocycles. The topological polar surface area (TPSA) is 42.8 Å². The summed E-state index contributed by atoms with van der Waals surface area (Å²) in [6.07, 6.45) is 1.72. The molecule has 2 aromatic rings. The van der Waals surface area contributed by atoms with E-state index in [0.717, 1.165) is 11.2 Å². The molecule has 0 radical (unpaired) electrons. The van der Waals surface area contributed by atoms with Gasteiger partial charge >= 0.3 is 0 Å². The van der Waals surface area contributed by atoms with Gasteiger partial charge in [-0.05, 0) is 32.1 Å². The number of H-pyrrole nitrogens is 1. The van der Waals surface area contributed by atoms with E-state index in [1.165, 1.54) is 0 Å². The minimum atomic E-state index is 0.100. The summed E-state index contributed by atoms with van der Waals surface area (Å²) in [5.41, 5.74) is 1.66. The number of ether oxygens (including phenoxy) is 1. The highest BCUT2D eigenvalue weighted by Crippen LogP contribution is 2.17. The second kappa shape index (κ2) is 5.16. The van der Waals surface area contributed by atoms with Crippen molar-refractivity contribution in [2.24, 2.45) is 0 Å². The SMILES string of the molecule is CCOC(C)Cn1c(=S)[nH]c2cc(Cl)cnc21. The van der Waals surface area contributed by atoms with Crippen LogP contribution in [0.3, 0.4) is 0 Å². The van der Waals surface area contributed by atoms with Crippen molar-refractivity contribution in [1.29, 1.82) is 0 Å². The molecule has 0 saturated heterocycles. The van der Waals surface area contributed by atoms with Crippen LogP contribution in [0, 0.1) is 4.77 Å². The van der Waals surface area contributed by atoms with Gasteiger partial charge in [0, 0.05) is 12.8 Å². The van der Waals surface area contributed by atoms with Crippen molar-refractivity contribution < 1.29 is 4.74 Å². The lowest BCUT2D eigenvalue weighted by atomic mass is 10.4. The highest BCUT2D eigenvalue weighted by atomic mass is 35.5. The van der Waals surface area contributed by atoms with E-state index in [9.17, 15) is 0 Å². The lowest BCUT2D eigenvalue weighted by molar-refractivity contribution is 0.0644. The van der Waals surface area contributed by atoms with E-state index in [-0.39, 0.29) is 6.10 Å². The van der Waals surface area contributed by atoms with Crippen molar-refractivity contribution >= 4 is 35.0 Å². The zero-order valence-corrected chi connectivity index (χ0v) is 11.3. The Morgan fingerprint density at radius 3 is 3.12 bits per heavy atom. The van der Waals surface area contributed by atoms with Gasteiger partial charge in [-0.2, -0.15) is 0 Å². The predicted molar refractivity (Wildman–Crippen MR) is 71.0 cm³/mol. The summed E-state index contributed by atoms with van der Waals surface area (Å²) >= 11 is 11.2. The molecule has 1 unspecified atom stereocenters. The average Bonchev–Trinajstić information content (AvgIpc) is 2.55. The molecule has 1 atom stereocenters. The van der Waals surface area contributed by atoms with Gasteiger partial charge in [0.1, 0.15) is 0 Å². The first-order chi connectivity index (χ1) is 8.11. The molecule has 2 aromatic heterocycles. The Hall–Kier alpha value is -0.910. The second-order valence-corrected chi connectivity index (χ2v) is 4.65. The van der Waals surface area contributed by atoms with Crippen LogP contribution < -0.4 is 0 Å². The van der Waals surface area contributed by atoms with Crippen LogP contribution in [-0.2, 0) is 11.3 Å². The number of pyridine rings is 1. The van der Waals surface area contributed by atoms with Crippen LogP contribution in [0.25, 0.3) is 11.2 Å². The van der Waals surface area contributed by atoms with E-state index in [0.29, 0.717) is 22.9 Å². The number of imidazole rings is 1. The Labute approximate surface area is 110 Å². The van der Waals surface area contributed by atoms with E-state index in [4.69, 9.17) is 28.6 Å². The summed E-state index contributed by atoms with van der Waals surface area (Å²) < 4.78 is 8.08. The minimum Gasteiger partial charge on any atom is -0.377 e. The number of aromatic nitrogens is 3. The van der Waals surface area contributed by atoms with Crippen molar-refractivity contribution in [3.8, 4) is 0 Å². The molecule has 6 heteroatoms. The van der Waals surface area contributed by atoms with E-state index >= 15 is 0 Å². The molecule has 2 rings (SSSR count). The first-order valence-electron chi connectivity index (χ1n) is 5.47. The van der Waals surface area contributed by atoms with Crippen molar-refractivity contribution in [1.82, 2.24) is 14.5 Å². The number of fused-ring (bicyclic) bond motifs is 1. The number of hydrogen-bond acceptors (Lipinski definition) is 3. The van der Waals surface area contributed by atoms with Crippen molar-refractivity contribution in [2.75, 3.05) is 6.61 Å². The summed E-state index contributed by atoms with van der Waals surface area (Å²) in [5, 5.41) is 0.596. The van der Waals surface area contributed by atoms with Crippen LogP contribution in [0.15, 0.2) is 12.3 Å². The largest absolute Gasteiger partial charge is 0.377 e. The molecule has 0 aliphatic carbocycles. The third kappa shape index (κ3) is 2.68. The molecule has 0 aliphatic heterocycles. The quantitative estimate of drug-likeness (QED) is 0.869. The molecule has 0 amide bonds. The number of nitrogens with one attached hydrogen (secondary N) is 1. The molecular weight excluding hydrogens is 258 g/mol. The lowest BCUT2D eigenvalue weighted by Gasteiger charge is -2.12. The van der Waals surface area contributed by atoms with Crippen LogP contribution in [0.4, 0.5) is 0 Å². The van der Waals surface area contributed by atoms with Crippen molar-refractivity contribution in [3.63, 3.8) is 0 Å². The predicted octanol–water partition coefficient (Wildman–Crippen LogP) is 3.17. The smallest absolute Gasteiger partial charge is 0.179 e. The van der Waals surface area contributed by atoms with E-state index < -0.39 is 0 Å². The molecule has 0 aliphatic rings. The zero-order valence-electron chi connectivity index (χ0n) is 9.74. The van der Waals surface area contributed by atoms with Crippen LogP contribution in [0.2, 0.25) is 5.02 Å². The Bertz CT molecular complexity index is 578. The Balaban J connectivity index is 2.40. The third-order valence-corrected chi connectivity index (χ3v) is 3.00. The van der Waals surface area contributed by atoms with Gasteiger partial charge in [-0.25, -0.2) is 4.98 Å². The Kier molecular flexibility index (Phi) is 3.81. The lowest BCUT2D eigenvalue weighted by Crippen LogP contribution is -2.16. The number of nitrogens with zero attached hydrogens (tertiary/aromatic N) is 2. The first-order valence-corrected chi connectivity index (χ1v) is 6.26. The highest BCUT2D eigenvalue weighted by molar-refractivity contribution is 7.71. The van der Waals surface area contributed by atoms with Crippen LogP contribution in [0.5, 0.6) is 0 Å². The zero-order chi connectivity index (χ0) is 12.4. The normalized spacial score (nSPS) is 13.1. The maximum Gasteiger partial charge on any atom is 0.179 e. The molecule has 92 valence electrons. The van der Waals surface area contributed by atoms with E-state index in [1.807, 2.05) is 24.5 Å². The Morgan fingerprint density at radius 1 is 1.65 bits per heavy atom. The van der Waals surface area contributed by atoms with Gasteiger partial charge in [0.2, 0.25) is 0 Å². The average molecular weight is 272 g/mol. The fourth-order valence-corrected chi connectivity index (χ4v) is 2.21. The number of halogens is 1. The highest BCUT2D eigenvalue weighted by Gasteiger charge is 2.09. The molecule has 1 N–H and O–H groups in total. The minimum absolute atomic E-state index is 0.100. The van der Waals surface area contributed by atoms with Gasteiger partial charge in [-0.1, -0.05) is 11.6 Å². The first kappa shape index (κ1) is 12.5. The van der Waals surface area contributed by atoms with Gasteiger partial charge in [0.05, 0.1) is 23.2 Å². The number of hydrogen-bond donors (Lipinski definition) is 1. The molecule has 17 heavy (non-hydrogen) atoms. The monoisotopic (exact) mass is 271 g/mol. The van der Waals surface area contributed by atoms with Gasteiger partial charge in [-0.3, -0.25) is 4.57 Å². The summed E-state index contributed by atoms with van der Waals surface area (Å²) in [5.74, 6) is 0. The molecule has 4 nitrogen and oxygen atoms in total. The summed E-state index contributed by atoms with van der Waals surface area (Å²) in [4.78, 5) is 7.38. The number of rotatable bonds is 4. The fourth-order valence-electron chi connectivity index (χ4n) is 1.78. The molecule has 0 spiro atoms. The third-order valence-electron chi connectivity index (χ3n) is 2.47. The molecule has 0 aromatic carbocycles. The summed E-state index contributed by atoms with van der Waals surface area (Å²) in [7, 11) is 0. The van der Waals surface area contributed by atoms with Gasteiger partial charge in [0.25, 0.3) is 0 Å². The van der Waals surface area contributed by atoms with Crippen LogP contribution >= 0.6 is 23.8 Å². The van der Waals surface area contributed by atoms with Crippen LogP contribution in [0.1, 0.15) is 13.8 Å². The number of aromatic amines is 1. The van der Waals surface area contributed by atoms with Crippen molar-refractivity contribution in [2.45, 2.75) is 26.5 Å². The van der Waals surface area contributed by atoms with E-state index in [2.05, 4.69) is 9.97 Å². The fraction of sp³-hybridized carbons (Fsp3) is 0.455. The standard InChI is InChI=1S/C11H14ClN3OS/c1-3-16-7(2)6-15-10-9(14-11(15)17)4-8(12)5-13-10/h4-5,7H,3,6H2,1-2H3,(H,14,17). The summed E-state index contributed by atoms with van der Waals surface area (Å²) in [6.45, 7) is 5.36. The van der Waals surface area contributed by atoms with Gasteiger partial charge in [-0.15, -0.1) is 0 Å². The maximum absolute atomic E-state index is 5.89. The second-order valence-electron chi connectivity index (χ2n) is 3.83. The van der Waals surface area contributed by atoms with E-state index in [1.54, 1.807) is 6.20 Å². The van der Waals surface area contributed by atoms with Gasteiger partial charge < -0.3 is 9.72 Å². The van der Waals surface area contributed by atoms with Gasteiger partial charge in [0.15, 0.2) is 10.4 Å². The molecule has 0 bridgehead atoms. The maximum atomic E-state index is 5.89.